The Hall–Kier alpha value is -8.17. The molecule has 10 rings (SSSR count). The Morgan fingerprint density at radius 1 is 0.385 bits per heavy atom. The molecule has 0 aliphatic carbocycles. The zero-order valence-corrected chi connectivity index (χ0v) is 45.4. The van der Waals surface area contributed by atoms with Gasteiger partial charge in [-0.3, -0.25) is 0 Å². The molecular weight excluding hydrogens is 986 g/mol. The summed E-state index contributed by atoms with van der Waals surface area (Å²) in [6.07, 6.45) is 8.14. The first-order valence-corrected chi connectivity index (χ1v) is 27.4. The topological polar surface area (TPSA) is 93.2 Å². The van der Waals surface area contributed by atoms with E-state index in [1.165, 1.54) is 0 Å². The van der Waals surface area contributed by atoms with Crippen LogP contribution in [0.5, 0.6) is 0 Å². The second-order valence-corrected chi connectivity index (χ2v) is 19.4. The van der Waals surface area contributed by atoms with Crippen LogP contribution in [0.4, 0.5) is 17.3 Å². The summed E-state index contributed by atoms with van der Waals surface area (Å²) in [5.41, 5.74) is 17.7. The smallest absolute Gasteiger partial charge is 0.626 e. The minimum absolute atomic E-state index is 0.00900. The van der Waals surface area contributed by atoms with Crippen molar-refractivity contribution in [3.8, 4) is 34.4 Å². The molecule has 4 aliphatic heterocycles. The highest BCUT2D eigenvalue weighted by Gasteiger charge is 2.42. The average Bonchev–Trinajstić information content (AvgIpc) is 4.25. The van der Waals surface area contributed by atoms with Gasteiger partial charge in [-0.1, -0.05) is 152 Å². The molecule has 2 N–H and O–H groups in total. The first-order chi connectivity index (χ1) is 37.8. The zero-order valence-electron chi connectivity index (χ0n) is 45.4. The summed E-state index contributed by atoms with van der Waals surface area (Å²) in [6.45, 7) is 16.2. The van der Waals surface area contributed by atoms with Crippen molar-refractivity contribution < 1.29 is 35.9 Å². The van der Waals surface area contributed by atoms with Gasteiger partial charge < -0.3 is 45.8 Å². The number of benzene rings is 4. The van der Waals surface area contributed by atoms with E-state index in [-0.39, 0.29) is 23.0 Å². The van der Waals surface area contributed by atoms with Crippen molar-refractivity contribution in [3.05, 3.63) is 222 Å². The van der Waals surface area contributed by atoms with E-state index in [4.69, 9.17) is 28.6 Å². The van der Waals surface area contributed by atoms with Crippen LogP contribution in [0.15, 0.2) is 177 Å². The number of nitrogens with one attached hydrogen (secondary N) is 2. The van der Waals surface area contributed by atoms with Crippen LogP contribution in [0, 0.1) is 11.8 Å². The Labute approximate surface area is 454 Å². The molecule has 78 heavy (non-hydrogen) atoms. The molecule has 14 heteroatoms. The number of aliphatic imine (C=N–C) groups is 2. The van der Waals surface area contributed by atoms with Crippen molar-refractivity contribution in [2.45, 2.75) is 107 Å². The molecule has 0 unspecified atom stereocenters. The highest BCUT2D eigenvalue weighted by Crippen LogP contribution is 2.45. The molecule has 0 fully saturated rings. The summed E-state index contributed by atoms with van der Waals surface area (Å²) in [4.78, 5) is 16.9. The molecule has 2 aromatic heterocycles. The lowest BCUT2D eigenvalue weighted by atomic mass is 9.95. The maximum Gasteiger partial charge on any atom is 0.726 e. The van der Waals surface area contributed by atoms with E-state index >= 15 is 17.3 Å². The highest BCUT2D eigenvalue weighted by molar-refractivity contribution is 6.54. The van der Waals surface area contributed by atoms with E-state index in [9.17, 15) is 0 Å². The molecule has 0 radical (unpaired) electrons. The number of halogens is 4. The average molecular weight is 1050 g/mol. The minimum Gasteiger partial charge on any atom is -0.626 e. The van der Waals surface area contributed by atoms with Crippen LogP contribution in [0.25, 0.3) is 34.0 Å². The van der Waals surface area contributed by atoms with Crippen molar-refractivity contribution in [2.24, 2.45) is 9.98 Å². The van der Waals surface area contributed by atoms with Crippen LogP contribution in [-0.2, 0) is 44.3 Å². The molecule has 4 aromatic carbocycles. The molecule has 398 valence electrons. The third-order valence-corrected chi connectivity index (χ3v) is 14.9. The Kier molecular flexibility index (Phi) is 15.1. The third-order valence-electron chi connectivity index (χ3n) is 14.9. The maximum absolute atomic E-state index is 15.7. The summed E-state index contributed by atoms with van der Waals surface area (Å²) in [5.74, 6) is 6.58. The van der Waals surface area contributed by atoms with E-state index in [0.29, 0.717) is 74.1 Å². The van der Waals surface area contributed by atoms with Gasteiger partial charge in [-0.05, 0) is 131 Å². The molecule has 0 bridgehead atoms. The van der Waals surface area contributed by atoms with Gasteiger partial charge >= 0.3 is 14.2 Å². The van der Waals surface area contributed by atoms with Crippen molar-refractivity contribution in [1.29, 1.82) is 0 Å². The van der Waals surface area contributed by atoms with Crippen molar-refractivity contribution >= 4 is 37.2 Å². The summed E-state index contributed by atoms with van der Waals surface area (Å²) >= 11 is 0. The Morgan fingerprint density at radius 3 is 1.04 bits per heavy atom. The molecule has 0 saturated heterocycles. The number of aromatic nitrogens is 2. The Balaban J connectivity index is 0.922. The predicted molar refractivity (Wildman–Crippen MR) is 307 cm³/mol. The van der Waals surface area contributed by atoms with Crippen LogP contribution >= 0.6 is 0 Å². The van der Waals surface area contributed by atoms with E-state index in [0.717, 1.165) is 101 Å². The summed E-state index contributed by atoms with van der Waals surface area (Å²) in [6, 6.07) is 35.3. The number of aromatic amines is 2. The standard InChI is InChI=1S/C64H62B2F4N4O4/c1-9-45-49(13-5)61(71-57(45)41-23-19-17-20-24-41)53-37-55(77-65(67,68)75-53)63-51(15-7)47(11-3)59(73-63)43-33-29-39(30-34-43)27-28-40-31-35-44(36-32-40)60-48(12-4)52(16-8)64(74-60)56-38-54(76-66(69,70)78-56)62-50(14-6)46(10-2)58(72-62)42-25-21-18-22-26-42/h17-26,29-38,73-74H,9-16H2,1-8H3/q-2/b61-53-,62-54-. The van der Waals surface area contributed by atoms with E-state index in [1.807, 2.05) is 151 Å². The van der Waals surface area contributed by atoms with Crippen molar-refractivity contribution in [3.63, 3.8) is 0 Å². The fraction of sp³-hybridized carbons (Fsp3) is 0.250. The van der Waals surface area contributed by atoms with E-state index in [1.54, 1.807) is 12.2 Å². The van der Waals surface area contributed by atoms with Gasteiger partial charge in [-0.2, -0.15) is 0 Å². The maximum atomic E-state index is 15.7. The fourth-order valence-electron chi connectivity index (χ4n) is 11.4. The molecule has 0 amide bonds. The Morgan fingerprint density at radius 2 is 0.718 bits per heavy atom. The van der Waals surface area contributed by atoms with Gasteiger partial charge in [0, 0.05) is 45.8 Å². The normalized spacial score (nSPS) is 18.6. The lowest BCUT2D eigenvalue weighted by Gasteiger charge is -2.35. The molecular formula is C64H62B2F4N4O4-2. The van der Waals surface area contributed by atoms with Gasteiger partial charge in [0.05, 0.1) is 22.8 Å². The number of H-pyrrole nitrogens is 2. The zero-order chi connectivity index (χ0) is 54.9. The molecule has 8 nitrogen and oxygen atoms in total. The first-order valence-electron chi connectivity index (χ1n) is 27.4. The quantitative estimate of drug-likeness (QED) is 0.0646. The van der Waals surface area contributed by atoms with Crippen LogP contribution < -0.4 is 0 Å². The van der Waals surface area contributed by atoms with Gasteiger partial charge in [-0.15, -0.1) is 0 Å². The lowest BCUT2D eigenvalue weighted by Crippen LogP contribution is -2.34. The van der Waals surface area contributed by atoms with E-state index < -0.39 is 14.2 Å². The summed E-state index contributed by atoms with van der Waals surface area (Å²) in [7, 11) is -9.44. The third kappa shape index (κ3) is 10.1. The minimum atomic E-state index is -4.72. The number of hydrogen-bond donors (Lipinski definition) is 2. The van der Waals surface area contributed by atoms with Gasteiger partial charge in [0.1, 0.15) is 34.4 Å². The van der Waals surface area contributed by atoms with Gasteiger partial charge in [0.2, 0.25) is 0 Å². The van der Waals surface area contributed by atoms with Crippen LogP contribution in [0.2, 0.25) is 0 Å². The molecule has 6 aromatic rings. The number of hydrogen-bond acceptors (Lipinski definition) is 6. The number of nitrogens with zero attached hydrogens (tertiary/aromatic N) is 2. The molecule has 0 spiro atoms. The second-order valence-electron chi connectivity index (χ2n) is 19.4. The van der Waals surface area contributed by atoms with Crippen molar-refractivity contribution in [2.75, 3.05) is 0 Å². The van der Waals surface area contributed by atoms with E-state index in [2.05, 4.69) is 35.7 Å². The largest absolute Gasteiger partial charge is 0.726 e. The Bertz CT molecular complexity index is 3410. The summed E-state index contributed by atoms with van der Waals surface area (Å²) < 4.78 is 84.0. The molecule has 4 aliphatic rings. The second kappa shape index (κ2) is 22.1. The van der Waals surface area contributed by atoms with Crippen LogP contribution in [0.1, 0.15) is 137 Å². The van der Waals surface area contributed by atoms with Gasteiger partial charge in [-0.25, -0.2) is 9.98 Å². The monoisotopic (exact) mass is 1050 g/mol. The summed E-state index contributed by atoms with van der Waals surface area (Å²) in [5, 5.41) is 0. The molecule has 6 heterocycles. The molecule has 0 saturated carbocycles. The van der Waals surface area contributed by atoms with Gasteiger partial charge in [0.15, 0.2) is 0 Å². The predicted octanol–water partition coefficient (Wildman–Crippen LogP) is 16.5. The lowest BCUT2D eigenvalue weighted by molar-refractivity contribution is 0.169. The highest BCUT2D eigenvalue weighted by atomic mass is 19.3. The van der Waals surface area contributed by atoms with Gasteiger partial charge in [0.25, 0.3) is 0 Å². The molecule has 0 atom stereocenters. The van der Waals surface area contributed by atoms with Crippen molar-refractivity contribution in [1.82, 2.24) is 9.97 Å². The first kappa shape index (κ1) is 53.2. The SMILES string of the molecule is CCC1=C(CC)/C(=C2\C=C(c3[nH]c(-c4ccc(C#Cc5ccc(-c6[nH]c(C7=C/C(=C8/N=C(c9ccccc9)C(CC)=C8CC)O[B-](F)(F)O7)c(CC)c6CC)cc5)cc4)c(CC)c3CC)O[B-](F)(F)O2)N=C1c1ccccc1. The van der Waals surface area contributed by atoms with Crippen LogP contribution in [0.3, 0.4) is 0 Å². The fourth-order valence-corrected chi connectivity index (χ4v) is 11.4. The number of allylic oxidation sites excluding steroid dienone is 6. The number of rotatable bonds is 14. The van der Waals surface area contributed by atoms with Crippen LogP contribution in [-0.4, -0.2) is 35.6 Å².